The van der Waals surface area contributed by atoms with Crippen LogP contribution >= 0.6 is 0 Å². The summed E-state index contributed by atoms with van der Waals surface area (Å²) in [5.74, 6) is 1.21. The van der Waals surface area contributed by atoms with Gasteiger partial charge in [-0.2, -0.15) is 0 Å². The number of anilines is 2. The Morgan fingerprint density at radius 3 is 2.55 bits per heavy atom. The van der Waals surface area contributed by atoms with Crippen LogP contribution in [0.25, 0.3) is 21.9 Å². The lowest BCUT2D eigenvalue weighted by molar-refractivity contribution is -0.117. The van der Waals surface area contributed by atoms with Gasteiger partial charge in [0.15, 0.2) is 9.84 Å². The van der Waals surface area contributed by atoms with E-state index < -0.39 is 9.84 Å². The molecule has 6 nitrogen and oxygen atoms in total. The third-order valence-electron chi connectivity index (χ3n) is 6.16. The monoisotopic (exact) mass is 435 g/mol. The van der Waals surface area contributed by atoms with Crippen LogP contribution in [0.3, 0.4) is 0 Å². The molecule has 2 aliphatic rings. The molecule has 31 heavy (non-hydrogen) atoms. The Kier molecular flexibility index (Phi) is 4.93. The molecular formula is C24H25N3O3S. The van der Waals surface area contributed by atoms with Crippen LogP contribution in [0, 0.1) is 12.8 Å². The van der Waals surface area contributed by atoms with Gasteiger partial charge < -0.3 is 10.2 Å². The summed E-state index contributed by atoms with van der Waals surface area (Å²) in [6.07, 6.45) is 3.74. The summed E-state index contributed by atoms with van der Waals surface area (Å²) < 4.78 is 23.5. The molecule has 1 aliphatic carbocycles. The van der Waals surface area contributed by atoms with Crippen molar-refractivity contribution in [3.8, 4) is 11.1 Å². The number of carbonyl (C=O) groups excluding carboxylic acids is 1. The molecule has 2 heterocycles. The number of nitrogens with one attached hydrogen (secondary N) is 1. The van der Waals surface area contributed by atoms with E-state index in [0.717, 1.165) is 46.0 Å². The molecule has 0 unspecified atom stereocenters. The lowest BCUT2D eigenvalue weighted by Crippen LogP contribution is -2.40. The number of aromatic nitrogens is 1. The van der Waals surface area contributed by atoms with E-state index in [2.05, 4.69) is 58.5 Å². The molecule has 3 aromatic rings. The van der Waals surface area contributed by atoms with E-state index in [1.807, 2.05) is 6.07 Å². The molecule has 5 rings (SSSR count). The van der Waals surface area contributed by atoms with Crippen LogP contribution < -0.4 is 10.2 Å². The van der Waals surface area contributed by atoms with E-state index in [0.29, 0.717) is 18.9 Å². The van der Waals surface area contributed by atoms with E-state index in [4.69, 9.17) is 0 Å². The predicted molar refractivity (Wildman–Crippen MR) is 124 cm³/mol. The largest absolute Gasteiger partial charge is 0.369 e. The normalized spacial score (nSPS) is 18.2. The molecule has 0 radical (unpaired) electrons. The van der Waals surface area contributed by atoms with Gasteiger partial charge in [-0.25, -0.2) is 13.4 Å². The van der Waals surface area contributed by atoms with Gasteiger partial charge in [0.2, 0.25) is 5.91 Å². The zero-order chi connectivity index (χ0) is 21.6. The summed E-state index contributed by atoms with van der Waals surface area (Å²) in [6, 6.07) is 14.5. The van der Waals surface area contributed by atoms with Gasteiger partial charge in [-0.3, -0.25) is 4.79 Å². The first-order chi connectivity index (χ1) is 14.9. The maximum Gasteiger partial charge on any atom is 0.228 e. The number of fused-ring (bicyclic) bond motifs is 1. The Morgan fingerprint density at radius 1 is 1.03 bits per heavy atom. The minimum atomic E-state index is -2.91. The number of sulfone groups is 1. The maximum absolute atomic E-state index is 12.0. The first kappa shape index (κ1) is 20.0. The lowest BCUT2D eigenvalue weighted by atomic mass is 9.97. The van der Waals surface area contributed by atoms with Gasteiger partial charge >= 0.3 is 0 Å². The second kappa shape index (κ2) is 7.64. The minimum absolute atomic E-state index is 0.0569. The van der Waals surface area contributed by atoms with Crippen molar-refractivity contribution < 1.29 is 13.2 Å². The van der Waals surface area contributed by atoms with Crippen molar-refractivity contribution in [2.24, 2.45) is 5.92 Å². The third kappa shape index (κ3) is 4.28. The van der Waals surface area contributed by atoms with Gasteiger partial charge in [0.05, 0.1) is 11.5 Å². The number of pyridine rings is 1. The summed E-state index contributed by atoms with van der Waals surface area (Å²) in [5, 5.41) is 4.94. The Morgan fingerprint density at radius 2 is 1.81 bits per heavy atom. The SMILES string of the molecule is Cc1ccc(N2CCS(=O)(=O)CC2)cc1-c1ccc2cc(NC(=O)C3CC3)ncc2c1. The van der Waals surface area contributed by atoms with Crippen LogP contribution in [0.15, 0.2) is 48.7 Å². The molecule has 0 spiro atoms. The van der Waals surface area contributed by atoms with Crippen molar-refractivity contribution in [3.63, 3.8) is 0 Å². The Balaban J connectivity index is 1.42. The van der Waals surface area contributed by atoms with E-state index in [9.17, 15) is 13.2 Å². The van der Waals surface area contributed by atoms with Gasteiger partial charge in [-0.1, -0.05) is 18.2 Å². The summed E-state index contributed by atoms with van der Waals surface area (Å²) in [5.41, 5.74) is 4.42. The topological polar surface area (TPSA) is 79.4 Å². The molecule has 2 fully saturated rings. The van der Waals surface area contributed by atoms with Crippen molar-refractivity contribution in [1.29, 1.82) is 0 Å². The first-order valence-electron chi connectivity index (χ1n) is 10.6. The second-order valence-electron chi connectivity index (χ2n) is 8.53. The summed E-state index contributed by atoms with van der Waals surface area (Å²) in [4.78, 5) is 18.6. The smallest absolute Gasteiger partial charge is 0.228 e. The molecule has 1 aromatic heterocycles. The fraction of sp³-hybridized carbons (Fsp3) is 0.333. The Bertz CT molecular complexity index is 1270. The van der Waals surface area contributed by atoms with Crippen LogP contribution in [-0.4, -0.2) is 43.9 Å². The highest BCUT2D eigenvalue weighted by molar-refractivity contribution is 7.91. The third-order valence-corrected chi connectivity index (χ3v) is 7.77. The molecule has 0 atom stereocenters. The number of benzene rings is 2. The van der Waals surface area contributed by atoms with Crippen molar-refractivity contribution in [3.05, 3.63) is 54.2 Å². The standard InChI is InChI=1S/C24H25N3O3S/c1-16-2-7-21(27-8-10-31(29,30)11-9-27)14-22(16)19-6-5-18-13-23(25-15-20(18)12-19)26-24(28)17-3-4-17/h2,5-7,12-15,17H,3-4,8-11H2,1H3,(H,25,26,28). The molecule has 2 aromatic carbocycles. The average Bonchev–Trinajstić information content (AvgIpc) is 3.59. The fourth-order valence-corrected chi connectivity index (χ4v) is 5.24. The maximum atomic E-state index is 12.0. The zero-order valence-corrected chi connectivity index (χ0v) is 18.3. The van der Waals surface area contributed by atoms with E-state index >= 15 is 0 Å². The van der Waals surface area contributed by atoms with Crippen molar-refractivity contribution in [2.75, 3.05) is 34.8 Å². The van der Waals surface area contributed by atoms with Crippen molar-refractivity contribution in [2.45, 2.75) is 19.8 Å². The van der Waals surface area contributed by atoms with Gasteiger partial charge in [0, 0.05) is 36.3 Å². The van der Waals surface area contributed by atoms with Crippen LogP contribution in [-0.2, 0) is 14.6 Å². The molecule has 0 bridgehead atoms. The number of hydrogen-bond donors (Lipinski definition) is 1. The molecule has 160 valence electrons. The molecule has 1 amide bonds. The Labute approximate surface area is 182 Å². The Hall–Kier alpha value is -2.93. The zero-order valence-electron chi connectivity index (χ0n) is 17.5. The highest BCUT2D eigenvalue weighted by Gasteiger charge is 2.29. The molecule has 7 heteroatoms. The van der Waals surface area contributed by atoms with Crippen LogP contribution in [0.4, 0.5) is 11.5 Å². The highest BCUT2D eigenvalue weighted by atomic mass is 32.2. The van der Waals surface area contributed by atoms with Gasteiger partial charge in [-0.15, -0.1) is 0 Å². The van der Waals surface area contributed by atoms with Crippen molar-refractivity contribution >= 4 is 38.0 Å². The van der Waals surface area contributed by atoms with Crippen molar-refractivity contribution in [1.82, 2.24) is 4.98 Å². The van der Waals surface area contributed by atoms with Gasteiger partial charge in [0.1, 0.15) is 5.82 Å². The average molecular weight is 436 g/mol. The molecule has 1 aliphatic heterocycles. The van der Waals surface area contributed by atoms with Crippen LogP contribution in [0.2, 0.25) is 0 Å². The highest BCUT2D eigenvalue weighted by Crippen LogP contribution is 2.32. The number of aryl methyl sites for hydroxylation is 1. The van der Waals surface area contributed by atoms with Gasteiger partial charge in [-0.05, 0) is 66.1 Å². The predicted octanol–water partition coefficient (Wildman–Crippen LogP) is 3.79. The number of amides is 1. The first-order valence-corrected chi connectivity index (χ1v) is 12.5. The molecular weight excluding hydrogens is 410 g/mol. The quantitative estimate of drug-likeness (QED) is 0.674. The molecule has 1 N–H and O–H groups in total. The molecule has 1 saturated carbocycles. The number of carbonyl (C=O) groups is 1. The lowest BCUT2D eigenvalue weighted by Gasteiger charge is -2.29. The van der Waals surface area contributed by atoms with E-state index in [1.54, 1.807) is 6.20 Å². The summed E-state index contributed by atoms with van der Waals surface area (Å²) in [7, 11) is -2.91. The van der Waals surface area contributed by atoms with Crippen LogP contribution in [0.5, 0.6) is 0 Å². The van der Waals surface area contributed by atoms with Crippen LogP contribution in [0.1, 0.15) is 18.4 Å². The molecule has 1 saturated heterocycles. The fourth-order valence-electron chi connectivity index (χ4n) is 4.04. The second-order valence-corrected chi connectivity index (χ2v) is 10.8. The number of hydrogen-bond acceptors (Lipinski definition) is 5. The number of nitrogens with zero attached hydrogens (tertiary/aromatic N) is 2. The number of rotatable bonds is 4. The van der Waals surface area contributed by atoms with E-state index in [1.165, 1.54) is 0 Å². The van der Waals surface area contributed by atoms with Gasteiger partial charge in [0.25, 0.3) is 0 Å². The summed E-state index contributed by atoms with van der Waals surface area (Å²) in [6.45, 7) is 3.14. The summed E-state index contributed by atoms with van der Waals surface area (Å²) >= 11 is 0. The van der Waals surface area contributed by atoms with E-state index in [-0.39, 0.29) is 23.3 Å². The minimum Gasteiger partial charge on any atom is -0.369 e.